The Balaban J connectivity index is 2.01. The van der Waals surface area contributed by atoms with E-state index in [4.69, 9.17) is 0 Å². The molecule has 1 aromatic carbocycles. The quantitative estimate of drug-likeness (QED) is 0.803. The third-order valence-corrected chi connectivity index (χ3v) is 3.18. The first-order valence-electron chi connectivity index (χ1n) is 6.43. The number of benzene rings is 1. The first-order valence-corrected chi connectivity index (χ1v) is 6.43. The van der Waals surface area contributed by atoms with Crippen LogP contribution in [0.1, 0.15) is 28.8 Å². The van der Waals surface area contributed by atoms with Crippen LogP contribution in [0, 0.1) is 0 Å². The first kappa shape index (κ1) is 13.4. The van der Waals surface area contributed by atoms with Crippen molar-refractivity contribution < 1.29 is 14.3 Å². The molecule has 5 heteroatoms. The van der Waals surface area contributed by atoms with Crippen molar-refractivity contribution in [1.29, 1.82) is 0 Å². The summed E-state index contributed by atoms with van der Waals surface area (Å²) in [6, 6.07) is 5.67. The van der Waals surface area contributed by atoms with E-state index in [9.17, 15) is 9.59 Å². The van der Waals surface area contributed by atoms with Crippen LogP contribution < -0.4 is 10.6 Å². The molecule has 0 saturated carbocycles. The molecular formula is C14H18N2O3. The summed E-state index contributed by atoms with van der Waals surface area (Å²) in [7, 11) is 1.34. The summed E-state index contributed by atoms with van der Waals surface area (Å²) in [4.78, 5) is 23.1. The van der Waals surface area contributed by atoms with Gasteiger partial charge in [-0.15, -0.1) is 0 Å². The Bertz CT molecular complexity index is 486. The van der Waals surface area contributed by atoms with Crippen LogP contribution >= 0.6 is 0 Å². The van der Waals surface area contributed by atoms with Gasteiger partial charge in [0.15, 0.2) is 0 Å². The molecule has 0 atom stereocenters. The van der Waals surface area contributed by atoms with E-state index < -0.39 is 0 Å². The van der Waals surface area contributed by atoms with E-state index in [0.29, 0.717) is 12.1 Å². The number of anilines is 1. The molecular weight excluding hydrogens is 244 g/mol. The topological polar surface area (TPSA) is 67.4 Å². The van der Waals surface area contributed by atoms with E-state index in [1.54, 1.807) is 0 Å². The minimum absolute atomic E-state index is 0.135. The zero-order valence-electron chi connectivity index (χ0n) is 11.0. The summed E-state index contributed by atoms with van der Waals surface area (Å²) in [6.45, 7) is 1.24. The molecule has 1 heterocycles. The third kappa shape index (κ3) is 3.24. The van der Waals surface area contributed by atoms with E-state index in [0.717, 1.165) is 30.6 Å². The van der Waals surface area contributed by atoms with Crippen molar-refractivity contribution >= 4 is 17.6 Å². The number of nitrogens with one attached hydrogen (secondary N) is 2. The van der Waals surface area contributed by atoms with Crippen LogP contribution in [0.2, 0.25) is 0 Å². The summed E-state index contributed by atoms with van der Waals surface area (Å²) >= 11 is 0. The Morgan fingerprint density at radius 3 is 3.05 bits per heavy atom. The van der Waals surface area contributed by atoms with Gasteiger partial charge in [-0.05, 0) is 30.5 Å². The third-order valence-electron chi connectivity index (χ3n) is 3.18. The summed E-state index contributed by atoms with van der Waals surface area (Å²) in [5.74, 6) is -0.457. The van der Waals surface area contributed by atoms with Crippen LogP contribution in [-0.2, 0) is 16.0 Å². The molecule has 5 nitrogen and oxygen atoms in total. The molecule has 1 amide bonds. The number of fused-ring (bicyclic) bond motifs is 1. The molecule has 1 aliphatic rings. The molecule has 0 aliphatic carbocycles. The van der Waals surface area contributed by atoms with Crippen LogP contribution in [0.3, 0.4) is 0 Å². The summed E-state index contributed by atoms with van der Waals surface area (Å²) in [6.07, 6.45) is 2.12. The fourth-order valence-corrected chi connectivity index (χ4v) is 2.20. The zero-order valence-corrected chi connectivity index (χ0v) is 11.0. The lowest BCUT2D eigenvalue weighted by Gasteiger charge is -2.20. The highest BCUT2D eigenvalue weighted by atomic mass is 16.5. The van der Waals surface area contributed by atoms with Crippen LogP contribution in [0.15, 0.2) is 18.2 Å². The van der Waals surface area contributed by atoms with Gasteiger partial charge in [0.25, 0.3) is 5.91 Å². The highest BCUT2D eigenvalue weighted by Gasteiger charge is 2.17. The molecule has 1 aliphatic heterocycles. The molecule has 0 radical (unpaired) electrons. The van der Waals surface area contributed by atoms with Gasteiger partial charge in [0.1, 0.15) is 0 Å². The number of ether oxygens (including phenoxy) is 1. The zero-order chi connectivity index (χ0) is 13.7. The second-order valence-electron chi connectivity index (χ2n) is 4.44. The average Bonchev–Trinajstić information content (AvgIpc) is 2.46. The molecule has 0 bridgehead atoms. The first-order chi connectivity index (χ1) is 9.22. The lowest BCUT2D eigenvalue weighted by atomic mass is 9.97. The highest BCUT2D eigenvalue weighted by molar-refractivity contribution is 5.97. The predicted molar refractivity (Wildman–Crippen MR) is 72.2 cm³/mol. The molecule has 0 aromatic heterocycles. The van der Waals surface area contributed by atoms with Gasteiger partial charge in [0, 0.05) is 24.3 Å². The van der Waals surface area contributed by atoms with Crippen LogP contribution in [-0.4, -0.2) is 32.1 Å². The standard InChI is InChI=1S/C14H18N2O3/c1-19-13(17)7-9-16-14(18)11-4-2-6-12-10(11)5-3-8-15-12/h2,4,6,15H,3,5,7-9H2,1H3,(H,16,18). The van der Waals surface area contributed by atoms with Crippen molar-refractivity contribution in [3.05, 3.63) is 29.3 Å². The van der Waals surface area contributed by atoms with Crippen LogP contribution in [0.25, 0.3) is 0 Å². The summed E-state index contributed by atoms with van der Waals surface area (Å²) in [5, 5.41) is 6.03. The number of esters is 1. The molecule has 102 valence electrons. The average molecular weight is 262 g/mol. The normalized spacial score (nSPS) is 13.1. The lowest BCUT2D eigenvalue weighted by Crippen LogP contribution is -2.28. The van der Waals surface area contributed by atoms with E-state index >= 15 is 0 Å². The monoisotopic (exact) mass is 262 g/mol. The van der Waals surface area contributed by atoms with Gasteiger partial charge >= 0.3 is 5.97 Å². The summed E-state index contributed by atoms with van der Waals surface area (Å²) < 4.78 is 4.53. The van der Waals surface area contributed by atoms with E-state index in [2.05, 4.69) is 15.4 Å². The maximum atomic E-state index is 12.1. The SMILES string of the molecule is COC(=O)CCNC(=O)c1cccc2c1CCCN2. The van der Waals surface area contributed by atoms with E-state index in [-0.39, 0.29) is 18.3 Å². The molecule has 1 aromatic rings. The Hall–Kier alpha value is -2.04. The smallest absolute Gasteiger partial charge is 0.307 e. The maximum Gasteiger partial charge on any atom is 0.307 e. The number of carbonyl (C=O) groups is 2. The van der Waals surface area contributed by atoms with Crippen LogP contribution in [0.4, 0.5) is 5.69 Å². The molecule has 19 heavy (non-hydrogen) atoms. The van der Waals surface area contributed by atoms with E-state index in [1.807, 2.05) is 18.2 Å². The maximum absolute atomic E-state index is 12.1. The number of hydrogen-bond acceptors (Lipinski definition) is 4. The Morgan fingerprint density at radius 2 is 2.26 bits per heavy atom. The fraction of sp³-hybridized carbons (Fsp3) is 0.429. The fourth-order valence-electron chi connectivity index (χ4n) is 2.20. The van der Waals surface area contributed by atoms with Gasteiger partial charge in [0.05, 0.1) is 13.5 Å². The van der Waals surface area contributed by atoms with Crippen molar-refractivity contribution in [2.24, 2.45) is 0 Å². The highest BCUT2D eigenvalue weighted by Crippen LogP contribution is 2.25. The van der Waals surface area contributed by atoms with Crippen molar-refractivity contribution in [3.8, 4) is 0 Å². The van der Waals surface area contributed by atoms with Gasteiger partial charge < -0.3 is 15.4 Å². The van der Waals surface area contributed by atoms with Crippen molar-refractivity contribution in [2.45, 2.75) is 19.3 Å². The second kappa shape index (κ2) is 6.22. The Morgan fingerprint density at radius 1 is 1.42 bits per heavy atom. The lowest BCUT2D eigenvalue weighted by molar-refractivity contribution is -0.140. The number of rotatable bonds is 4. The van der Waals surface area contributed by atoms with Crippen molar-refractivity contribution in [3.63, 3.8) is 0 Å². The van der Waals surface area contributed by atoms with Crippen molar-refractivity contribution in [1.82, 2.24) is 5.32 Å². The van der Waals surface area contributed by atoms with Gasteiger partial charge in [-0.1, -0.05) is 6.07 Å². The Labute approximate surface area is 112 Å². The van der Waals surface area contributed by atoms with Gasteiger partial charge in [-0.3, -0.25) is 9.59 Å². The predicted octanol–water partition coefficient (Wildman–Crippen LogP) is 1.34. The second-order valence-corrected chi connectivity index (χ2v) is 4.44. The van der Waals surface area contributed by atoms with Gasteiger partial charge in [-0.25, -0.2) is 0 Å². The molecule has 2 rings (SSSR count). The summed E-state index contributed by atoms with van der Waals surface area (Å²) in [5.41, 5.74) is 2.78. The number of carbonyl (C=O) groups excluding carboxylic acids is 2. The number of amides is 1. The molecule has 0 saturated heterocycles. The van der Waals surface area contributed by atoms with Gasteiger partial charge in [0.2, 0.25) is 0 Å². The van der Waals surface area contributed by atoms with Gasteiger partial charge in [-0.2, -0.15) is 0 Å². The minimum Gasteiger partial charge on any atom is -0.469 e. The number of methoxy groups -OCH3 is 1. The Kier molecular flexibility index (Phi) is 4.39. The minimum atomic E-state index is -0.322. The van der Waals surface area contributed by atoms with Crippen molar-refractivity contribution in [2.75, 3.05) is 25.5 Å². The largest absolute Gasteiger partial charge is 0.469 e. The van der Waals surface area contributed by atoms with Crippen LogP contribution in [0.5, 0.6) is 0 Å². The molecule has 0 spiro atoms. The molecule has 0 fully saturated rings. The molecule has 2 N–H and O–H groups in total. The molecule has 0 unspecified atom stereocenters. The number of hydrogen-bond donors (Lipinski definition) is 2. The van der Waals surface area contributed by atoms with E-state index in [1.165, 1.54) is 7.11 Å².